The molecule has 1 aromatic heterocycles. The number of phenols is 1. The molecule has 4 rings (SSSR count). The van der Waals surface area contributed by atoms with Gasteiger partial charge < -0.3 is 10.0 Å². The van der Waals surface area contributed by atoms with Crippen molar-refractivity contribution in [1.29, 1.82) is 0 Å². The van der Waals surface area contributed by atoms with Crippen molar-refractivity contribution in [3.8, 4) is 5.75 Å². The molecule has 1 aliphatic heterocycles. The van der Waals surface area contributed by atoms with Gasteiger partial charge in [-0.15, -0.1) is 0 Å². The van der Waals surface area contributed by atoms with E-state index in [9.17, 15) is 22.7 Å². The van der Waals surface area contributed by atoms with Crippen LogP contribution in [0.25, 0.3) is 0 Å². The van der Waals surface area contributed by atoms with Gasteiger partial charge in [-0.1, -0.05) is 65.4 Å². The predicted molar refractivity (Wildman–Crippen MR) is 161 cm³/mol. The van der Waals surface area contributed by atoms with E-state index < -0.39 is 49.1 Å². The summed E-state index contributed by atoms with van der Waals surface area (Å²) in [6.07, 6.45) is 0. The summed E-state index contributed by atoms with van der Waals surface area (Å²) in [4.78, 5) is 16.3. The Balaban J connectivity index is 1.63. The second kappa shape index (κ2) is 11.8. The molecule has 0 aliphatic carbocycles. The molecule has 7 nitrogen and oxygen atoms in total. The first kappa shape index (κ1) is 32.8. The van der Waals surface area contributed by atoms with Gasteiger partial charge in [0.25, 0.3) is 5.95 Å². The fourth-order valence-electron chi connectivity index (χ4n) is 4.86. The third-order valence-corrected chi connectivity index (χ3v) is 10.3. The summed E-state index contributed by atoms with van der Waals surface area (Å²) >= 11 is 0.710. The maximum Gasteiger partial charge on any atom is 0.252 e. The number of rotatable bonds is 6. The number of piperazine rings is 1. The number of nitrogens with zero attached hydrogens (tertiary/aromatic N) is 3. The number of aromatic nitrogens is 1. The van der Waals surface area contributed by atoms with E-state index in [1.54, 1.807) is 12.1 Å². The second-order valence-electron chi connectivity index (χ2n) is 12.6. The minimum absolute atomic E-state index is 0.00852. The van der Waals surface area contributed by atoms with Crippen LogP contribution in [0, 0.1) is 17.6 Å². The van der Waals surface area contributed by atoms with Crippen molar-refractivity contribution in [1.82, 2.24) is 9.29 Å². The third-order valence-electron chi connectivity index (χ3n) is 7.34. The summed E-state index contributed by atoms with van der Waals surface area (Å²) in [6.45, 7) is 12.8. The number of sulfonamides is 1. The molecule has 0 radical (unpaired) electrons. The Hall–Kier alpha value is -3.09. The van der Waals surface area contributed by atoms with E-state index in [0.29, 0.717) is 33.3 Å². The van der Waals surface area contributed by atoms with E-state index in [0.717, 1.165) is 0 Å². The molecule has 2 heterocycles. The van der Waals surface area contributed by atoms with E-state index in [2.05, 4.69) is 4.98 Å². The van der Waals surface area contributed by atoms with E-state index in [1.807, 2.05) is 41.5 Å². The highest BCUT2D eigenvalue weighted by Gasteiger charge is 2.33. The number of anilines is 1. The average Bonchev–Trinajstić information content (AvgIpc) is 2.92. The van der Waals surface area contributed by atoms with Crippen molar-refractivity contribution < 1.29 is 31.5 Å². The molecule has 0 saturated carbocycles. The van der Waals surface area contributed by atoms with E-state index in [-0.39, 0.29) is 42.6 Å². The molecule has 1 fully saturated rings. The summed E-state index contributed by atoms with van der Waals surface area (Å²) < 4.78 is 73.3. The van der Waals surface area contributed by atoms with Crippen LogP contribution in [0.15, 0.2) is 51.1 Å². The summed E-state index contributed by atoms with van der Waals surface area (Å²) in [5.41, 5.74) is 0.593. The number of carbonyl (C=O) groups is 1. The molecule has 1 saturated heterocycles. The standard InChI is InChI=1S/C31H36F3N3O4S2/c1-18(38)19-8-10-21(11-9-19)43(40,41)37-14-12-36(13-15-37)29-25(33)27(24(32)28(34)35-29)42-20-16-22(30(2,3)4)26(39)23(17-20)31(5,6)7/h8-11,16-17,39H,12-15H2,1-7H3. The highest BCUT2D eigenvalue weighted by molar-refractivity contribution is 7.99. The molecule has 43 heavy (non-hydrogen) atoms. The summed E-state index contributed by atoms with van der Waals surface area (Å²) in [7, 11) is -3.90. The molecule has 3 aromatic rings. The first-order chi connectivity index (χ1) is 19.8. The first-order valence-electron chi connectivity index (χ1n) is 13.8. The lowest BCUT2D eigenvalue weighted by atomic mass is 9.79. The molecule has 232 valence electrons. The molecule has 0 spiro atoms. The molecule has 0 amide bonds. The minimum Gasteiger partial charge on any atom is -0.507 e. The van der Waals surface area contributed by atoms with Crippen molar-refractivity contribution >= 4 is 33.4 Å². The number of hydrogen-bond acceptors (Lipinski definition) is 7. The zero-order valence-corrected chi connectivity index (χ0v) is 26.9. The van der Waals surface area contributed by atoms with Gasteiger partial charge in [-0.25, -0.2) is 17.2 Å². The number of ketones is 1. The fraction of sp³-hybridized carbons (Fsp3) is 0.419. The van der Waals surface area contributed by atoms with Crippen molar-refractivity contribution in [2.75, 3.05) is 31.1 Å². The molecular weight excluding hydrogens is 599 g/mol. The molecule has 1 N–H and O–H groups in total. The number of hydrogen-bond donors (Lipinski definition) is 1. The molecular formula is C31H36F3N3O4S2. The number of aromatic hydroxyl groups is 1. The van der Waals surface area contributed by atoms with Gasteiger partial charge in [-0.05, 0) is 42.0 Å². The summed E-state index contributed by atoms with van der Waals surface area (Å²) in [5.74, 6) is -4.44. The second-order valence-corrected chi connectivity index (χ2v) is 15.6. The molecule has 0 unspecified atom stereocenters. The van der Waals surface area contributed by atoms with Crippen molar-refractivity contribution in [2.24, 2.45) is 0 Å². The number of Topliss-reactive ketones (excluding diaryl/α,β-unsaturated/α-hetero) is 1. The normalized spacial score (nSPS) is 15.2. The fourth-order valence-corrected chi connectivity index (χ4v) is 7.23. The van der Waals surface area contributed by atoms with Crippen molar-refractivity contribution in [3.05, 3.63) is 70.7 Å². The van der Waals surface area contributed by atoms with Gasteiger partial charge in [0, 0.05) is 47.8 Å². The Morgan fingerprint density at radius 2 is 1.40 bits per heavy atom. The molecule has 1 aliphatic rings. The quantitative estimate of drug-likeness (QED) is 0.239. The van der Waals surface area contributed by atoms with E-state index in [1.165, 1.54) is 40.4 Å². The first-order valence-corrected chi connectivity index (χ1v) is 16.0. The number of carbonyl (C=O) groups excluding carboxylic acids is 1. The molecule has 0 bridgehead atoms. The van der Waals surface area contributed by atoms with Gasteiger partial charge in [-0.3, -0.25) is 4.79 Å². The van der Waals surface area contributed by atoms with E-state index in [4.69, 9.17) is 0 Å². The van der Waals surface area contributed by atoms with Crippen LogP contribution in [0.4, 0.5) is 19.0 Å². The summed E-state index contributed by atoms with van der Waals surface area (Å²) in [5, 5.41) is 11.0. The van der Waals surface area contributed by atoms with Crippen LogP contribution in [-0.2, 0) is 20.9 Å². The highest BCUT2D eigenvalue weighted by Crippen LogP contribution is 2.44. The Bertz CT molecular complexity index is 1620. The number of phenolic OH excluding ortho intramolecular Hbond substituents is 1. The monoisotopic (exact) mass is 635 g/mol. The Kier molecular flexibility index (Phi) is 8.99. The molecule has 2 aromatic carbocycles. The maximum absolute atomic E-state index is 15.9. The Morgan fingerprint density at radius 1 is 0.884 bits per heavy atom. The topological polar surface area (TPSA) is 90.8 Å². The average molecular weight is 636 g/mol. The lowest BCUT2D eigenvalue weighted by molar-refractivity contribution is 0.101. The predicted octanol–water partition coefficient (Wildman–Crippen LogP) is 6.66. The van der Waals surface area contributed by atoms with Crippen LogP contribution in [0.3, 0.4) is 0 Å². The minimum atomic E-state index is -3.90. The van der Waals surface area contributed by atoms with Gasteiger partial charge in [-0.2, -0.15) is 13.7 Å². The van der Waals surface area contributed by atoms with Crippen LogP contribution in [-0.4, -0.2) is 54.8 Å². The lowest BCUT2D eigenvalue weighted by Gasteiger charge is -2.35. The van der Waals surface area contributed by atoms with Crippen LogP contribution in [0.1, 0.15) is 70.0 Å². The lowest BCUT2D eigenvalue weighted by Crippen LogP contribution is -2.49. The van der Waals surface area contributed by atoms with Gasteiger partial charge >= 0.3 is 0 Å². The van der Waals surface area contributed by atoms with Gasteiger partial charge in [0.05, 0.1) is 9.79 Å². The van der Waals surface area contributed by atoms with Crippen LogP contribution < -0.4 is 4.90 Å². The smallest absolute Gasteiger partial charge is 0.252 e. The van der Waals surface area contributed by atoms with Crippen molar-refractivity contribution in [2.45, 2.75) is 74.0 Å². The Labute approximate surface area is 255 Å². The van der Waals surface area contributed by atoms with Gasteiger partial charge in [0.2, 0.25) is 10.0 Å². The van der Waals surface area contributed by atoms with Gasteiger partial charge in [0.1, 0.15) is 5.75 Å². The summed E-state index contributed by atoms with van der Waals surface area (Å²) in [6, 6.07) is 8.90. The van der Waals surface area contributed by atoms with Crippen molar-refractivity contribution in [3.63, 3.8) is 0 Å². The number of benzene rings is 2. The van der Waals surface area contributed by atoms with E-state index >= 15 is 8.78 Å². The maximum atomic E-state index is 15.9. The molecule has 0 atom stereocenters. The number of halogens is 3. The van der Waals surface area contributed by atoms with Crippen LogP contribution in [0.2, 0.25) is 0 Å². The number of pyridine rings is 1. The zero-order valence-electron chi connectivity index (χ0n) is 25.3. The molecule has 12 heteroatoms. The largest absolute Gasteiger partial charge is 0.507 e. The zero-order chi connectivity index (χ0) is 32.1. The van der Waals surface area contributed by atoms with Crippen LogP contribution in [0.5, 0.6) is 5.75 Å². The SMILES string of the molecule is CC(=O)c1ccc(S(=O)(=O)N2CCN(c3nc(F)c(F)c(Sc4cc(C(C)(C)C)c(O)c(C(C)(C)C)c4)c3F)CC2)cc1. The highest BCUT2D eigenvalue weighted by atomic mass is 32.2. The van der Waals surface area contributed by atoms with Gasteiger partial charge in [0.15, 0.2) is 23.2 Å². The van der Waals surface area contributed by atoms with Crippen LogP contribution >= 0.6 is 11.8 Å². The Morgan fingerprint density at radius 3 is 1.86 bits per heavy atom. The third kappa shape index (κ3) is 6.71.